The molecule has 1 aliphatic carbocycles. The van der Waals surface area contributed by atoms with Crippen molar-refractivity contribution in [3.8, 4) is 0 Å². The van der Waals surface area contributed by atoms with Crippen LogP contribution in [-0.2, 0) is 24.3 Å². The lowest BCUT2D eigenvalue weighted by molar-refractivity contribution is 0.177. The Morgan fingerprint density at radius 1 is 1.40 bits per heavy atom. The van der Waals surface area contributed by atoms with Gasteiger partial charge in [-0.15, -0.1) is 0 Å². The minimum Gasteiger partial charge on any atom is -0.377 e. The van der Waals surface area contributed by atoms with E-state index in [1.54, 1.807) is 12.7 Å². The van der Waals surface area contributed by atoms with E-state index in [-0.39, 0.29) is 0 Å². The first-order valence-electron chi connectivity index (χ1n) is 9.35. The lowest BCUT2D eigenvalue weighted by Crippen LogP contribution is -2.47. The summed E-state index contributed by atoms with van der Waals surface area (Å²) in [4.78, 5) is 8.89. The summed E-state index contributed by atoms with van der Waals surface area (Å²) in [6.07, 6.45) is 10.7. The molecule has 0 saturated carbocycles. The van der Waals surface area contributed by atoms with Crippen molar-refractivity contribution in [2.24, 2.45) is 4.99 Å². The van der Waals surface area contributed by atoms with Crippen molar-refractivity contribution in [1.29, 1.82) is 0 Å². The quantitative estimate of drug-likeness (QED) is 0.467. The average molecular weight is 346 g/mol. The third-order valence-electron chi connectivity index (χ3n) is 4.86. The second-order valence-corrected chi connectivity index (χ2v) is 6.80. The van der Waals surface area contributed by atoms with Crippen LogP contribution < -0.4 is 10.6 Å². The molecule has 3 rings (SSSR count). The summed E-state index contributed by atoms with van der Waals surface area (Å²) in [5.74, 6) is 2.70. The third-order valence-corrected chi connectivity index (χ3v) is 4.86. The SMILES string of the molecule is CN=C(NCCC1=CCCCC1)NC1CCc2nc(COC)nn2C1. The van der Waals surface area contributed by atoms with Crippen LogP contribution in [0.15, 0.2) is 16.6 Å². The lowest BCUT2D eigenvalue weighted by Gasteiger charge is -2.25. The fraction of sp³-hybridized carbons (Fsp3) is 0.722. The topological polar surface area (TPSA) is 76.4 Å². The molecule has 7 nitrogen and oxygen atoms in total. The predicted octanol–water partition coefficient (Wildman–Crippen LogP) is 1.79. The maximum Gasteiger partial charge on any atom is 0.191 e. The zero-order valence-corrected chi connectivity index (χ0v) is 15.4. The number of allylic oxidation sites excluding steroid dienone is 1. The Morgan fingerprint density at radius 3 is 3.08 bits per heavy atom. The maximum atomic E-state index is 5.12. The number of hydrogen-bond acceptors (Lipinski definition) is 4. The fourth-order valence-electron chi connectivity index (χ4n) is 3.53. The molecule has 138 valence electrons. The number of hydrogen-bond donors (Lipinski definition) is 2. The van der Waals surface area contributed by atoms with Crippen molar-refractivity contribution in [3.63, 3.8) is 0 Å². The molecule has 1 aromatic rings. The van der Waals surface area contributed by atoms with E-state index in [1.807, 2.05) is 11.7 Å². The highest BCUT2D eigenvalue weighted by Crippen LogP contribution is 2.19. The summed E-state index contributed by atoms with van der Waals surface area (Å²) in [5, 5.41) is 11.5. The first kappa shape index (κ1) is 17.9. The van der Waals surface area contributed by atoms with E-state index in [0.29, 0.717) is 12.6 Å². The molecule has 1 aromatic heterocycles. The van der Waals surface area contributed by atoms with Gasteiger partial charge in [-0.25, -0.2) is 9.67 Å². The molecule has 0 spiro atoms. The molecule has 1 unspecified atom stereocenters. The van der Waals surface area contributed by atoms with Gasteiger partial charge in [-0.1, -0.05) is 11.6 Å². The van der Waals surface area contributed by atoms with Crippen LogP contribution in [-0.4, -0.2) is 47.5 Å². The van der Waals surface area contributed by atoms with Gasteiger partial charge in [-0.2, -0.15) is 5.10 Å². The van der Waals surface area contributed by atoms with E-state index in [0.717, 1.165) is 50.0 Å². The van der Waals surface area contributed by atoms with E-state index in [4.69, 9.17) is 4.74 Å². The number of nitrogens with zero attached hydrogens (tertiary/aromatic N) is 4. The lowest BCUT2D eigenvalue weighted by atomic mass is 9.97. The summed E-state index contributed by atoms with van der Waals surface area (Å²) < 4.78 is 7.12. The summed E-state index contributed by atoms with van der Waals surface area (Å²) in [5.41, 5.74) is 1.59. The molecular weight excluding hydrogens is 316 g/mol. The van der Waals surface area contributed by atoms with Crippen LogP contribution in [0.1, 0.15) is 50.2 Å². The van der Waals surface area contributed by atoms with Gasteiger partial charge in [0.05, 0.1) is 6.54 Å². The van der Waals surface area contributed by atoms with Crippen LogP contribution in [0.4, 0.5) is 0 Å². The average Bonchev–Trinajstić information content (AvgIpc) is 3.03. The minimum absolute atomic E-state index is 0.324. The van der Waals surface area contributed by atoms with Crippen molar-refractivity contribution >= 4 is 5.96 Å². The number of rotatable bonds is 6. The van der Waals surface area contributed by atoms with Gasteiger partial charge in [-0.05, 0) is 38.5 Å². The largest absolute Gasteiger partial charge is 0.377 e. The summed E-state index contributed by atoms with van der Waals surface area (Å²) in [7, 11) is 3.50. The van der Waals surface area contributed by atoms with E-state index in [2.05, 4.69) is 31.8 Å². The molecule has 2 aliphatic rings. The van der Waals surface area contributed by atoms with Crippen LogP contribution in [0.5, 0.6) is 0 Å². The molecule has 0 aromatic carbocycles. The molecule has 0 amide bonds. The van der Waals surface area contributed by atoms with Gasteiger partial charge in [0.15, 0.2) is 11.8 Å². The van der Waals surface area contributed by atoms with E-state index in [9.17, 15) is 0 Å². The summed E-state index contributed by atoms with van der Waals surface area (Å²) in [6.45, 7) is 2.22. The smallest absolute Gasteiger partial charge is 0.191 e. The number of aliphatic imine (C=N–C) groups is 1. The van der Waals surface area contributed by atoms with Crippen LogP contribution in [0.25, 0.3) is 0 Å². The maximum absolute atomic E-state index is 5.12. The number of guanidine groups is 1. The Hall–Kier alpha value is -1.89. The molecule has 25 heavy (non-hydrogen) atoms. The van der Waals surface area contributed by atoms with E-state index >= 15 is 0 Å². The number of nitrogens with one attached hydrogen (secondary N) is 2. The highest BCUT2D eigenvalue weighted by atomic mass is 16.5. The van der Waals surface area contributed by atoms with Gasteiger partial charge < -0.3 is 15.4 Å². The van der Waals surface area contributed by atoms with Gasteiger partial charge in [0, 0.05) is 33.2 Å². The molecular formula is C18H30N6O. The van der Waals surface area contributed by atoms with Crippen molar-refractivity contribution in [2.75, 3.05) is 20.7 Å². The third kappa shape index (κ3) is 5.04. The van der Waals surface area contributed by atoms with Crippen molar-refractivity contribution in [3.05, 3.63) is 23.3 Å². The molecule has 1 atom stereocenters. The van der Waals surface area contributed by atoms with Gasteiger partial charge in [-0.3, -0.25) is 4.99 Å². The predicted molar refractivity (Wildman–Crippen MR) is 98.5 cm³/mol. The van der Waals surface area contributed by atoms with Gasteiger partial charge >= 0.3 is 0 Å². The van der Waals surface area contributed by atoms with E-state index in [1.165, 1.54) is 25.7 Å². The Bertz CT molecular complexity index is 621. The number of aromatic nitrogens is 3. The number of methoxy groups -OCH3 is 1. The number of ether oxygens (including phenoxy) is 1. The van der Waals surface area contributed by atoms with Crippen molar-refractivity contribution < 1.29 is 4.74 Å². The Morgan fingerprint density at radius 2 is 2.32 bits per heavy atom. The van der Waals surface area contributed by atoms with Crippen molar-refractivity contribution in [1.82, 2.24) is 25.4 Å². The number of aryl methyl sites for hydroxylation is 1. The fourth-order valence-corrected chi connectivity index (χ4v) is 3.53. The van der Waals surface area contributed by atoms with Crippen molar-refractivity contribution in [2.45, 2.75) is 64.1 Å². The first-order chi connectivity index (χ1) is 12.3. The molecule has 2 heterocycles. The van der Waals surface area contributed by atoms with E-state index < -0.39 is 0 Å². The molecule has 0 saturated heterocycles. The highest BCUT2D eigenvalue weighted by Gasteiger charge is 2.22. The Balaban J connectivity index is 1.46. The van der Waals surface area contributed by atoms with Gasteiger partial charge in [0.1, 0.15) is 12.4 Å². The van der Waals surface area contributed by atoms with Crippen LogP contribution in [0.3, 0.4) is 0 Å². The molecule has 0 bridgehead atoms. The zero-order chi connectivity index (χ0) is 17.5. The standard InChI is InChI=1S/C18H30N6O/c1-19-18(20-11-10-14-6-4-3-5-7-14)21-15-8-9-17-22-16(13-25-2)23-24(17)12-15/h6,15H,3-5,7-13H2,1-2H3,(H2,19,20,21). The molecule has 0 fully saturated rings. The second-order valence-electron chi connectivity index (χ2n) is 6.80. The zero-order valence-electron chi connectivity index (χ0n) is 15.4. The number of fused-ring (bicyclic) bond motifs is 1. The molecule has 0 radical (unpaired) electrons. The summed E-state index contributed by atoms with van der Waals surface area (Å²) >= 11 is 0. The van der Waals surface area contributed by atoms with Gasteiger partial charge in [0.25, 0.3) is 0 Å². The summed E-state index contributed by atoms with van der Waals surface area (Å²) in [6, 6.07) is 0.324. The van der Waals surface area contributed by atoms with Crippen LogP contribution in [0, 0.1) is 0 Å². The molecule has 7 heteroatoms. The normalized spacial score (nSPS) is 20.8. The molecule has 2 N–H and O–H groups in total. The van der Waals surface area contributed by atoms with Crippen LogP contribution in [0.2, 0.25) is 0 Å². The second kappa shape index (κ2) is 8.99. The minimum atomic E-state index is 0.324. The first-order valence-corrected chi connectivity index (χ1v) is 9.35. The highest BCUT2D eigenvalue weighted by molar-refractivity contribution is 5.79. The Kier molecular flexibility index (Phi) is 6.44. The van der Waals surface area contributed by atoms with Gasteiger partial charge in [0.2, 0.25) is 0 Å². The molecule has 1 aliphatic heterocycles. The monoisotopic (exact) mass is 346 g/mol. The van der Waals surface area contributed by atoms with Crippen LogP contribution >= 0.6 is 0 Å². The Labute approximate surface area is 150 Å².